The van der Waals surface area contributed by atoms with Crippen LogP contribution in [0, 0.1) is 6.92 Å². The van der Waals surface area contributed by atoms with Crippen LogP contribution in [0.2, 0.25) is 0 Å². The highest BCUT2D eigenvalue weighted by Crippen LogP contribution is 2.32. The van der Waals surface area contributed by atoms with Crippen LogP contribution in [0.5, 0.6) is 0 Å². The first-order valence-corrected chi connectivity index (χ1v) is 12.0. The summed E-state index contributed by atoms with van der Waals surface area (Å²) in [5.41, 5.74) is 2.99. The summed E-state index contributed by atoms with van der Waals surface area (Å²) >= 11 is 0. The van der Waals surface area contributed by atoms with Crippen LogP contribution in [-0.4, -0.2) is 30.1 Å². The maximum Gasteiger partial charge on any atom is 0.253 e. The second-order valence-corrected chi connectivity index (χ2v) is 10.1. The summed E-state index contributed by atoms with van der Waals surface area (Å²) in [6.07, 6.45) is 1.66. The summed E-state index contributed by atoms with van der Waals surface area (Å²) in [6, 6.07) is 21.4. The number of furan rings is 1. The van der Waals surface area contributed by atoms with Gasteiger partial charge in [0.2, 0.25) is 0 Å². The summed E-state index contributed by atoms with van der Waals surface area (Å²) in [6.45, 7) is 9.17. The van der Waals surface area contributed by atoms with Crippen LogP contribution in [0.1, 0.15) is 55.1 Å². The zero-order valence-corrected chi connectivity index (χ0v) is 21.0. The van der Waals surface area contributed by atoms with E-state index >= 15 is 0 Å². The van der Waals surface area contributed by atoms with E-state index in [9.17, 15) is 4.79 Å². The number of aromatic amines is 1. The molecule has 5 rings (SSSR count). The quantitative estimate of drug-likeness (QED) is 0.352. The summed E-state index contributed by atoms with van der Waals surface area (Å²) in [5.74, 6) is 1.39. The van der Waals surface area contributed by atoms with Crippen LogP contribution in [0.4, 0.5) is 0 Å². The average Bonchev–Trinajstić information content (AvgIpc) is 3.53. The van der Waals surface area contributed by atoms with E-state index in [0.29, 0.717) is 24.5 Å². The molecule has 36 heavy (non-hydrogen) atoms. The predicted octanol–water partition coefficient (Wildman–Crippen LogP) is 4.96. The van der Waals surface area contributed by atoms with Gasteiger partial charge in [-0.05, 0) is 72.8 Å². The molecule has 0 bridgehead atoms. The SMILES string of the molecule is Cc1cccc2cc([C@@H](c3nnnn3C(C)(C)C)N(Cc3ccccc3)Cc3ccco3)c(=O)[nH]c12. The van der Waals surface area contributed by atoms with Gasteiger partial charge in [-0.15, -0.1) is 5.10 Å². The number of H-pyrrole nitrogens is 1. The Morgan fingerprint density at radius 3 is 2.56 bits per heavy atom. The highest BCUT2D eigenvalue weighted by molar-refractivity contribution is 5.82. The van der Waals surface area contributed by atoms with Gasteiger partial charge in [0, 0.05) is 12.1 Å². The minimum absolute atomic E-state index is 0.164. The number of aryl methyl sites for hydroxylation is 1. The Balaban J connectivity index is 1.73. The molecule has 3 heterocycles. The number of nitrogens with zero attached hydrogens (tertiary/aromatic N) is 5. The fourth-order valence-corrected chi connectivity index (χ4v) is 4.60. The number of hydrogen-bond donors (Lipinski definition) is 1. The molecule has 0 saturated carbocycles. The molecule has 0 aliphatic heterocycles. The minimum Gasteiger partial charge on any atom is -0.468 e. The van der Waals surface area contributed by atoms with Gasteiger partial charge in [-0.25, -0.2) is 4.68 Å². The fourth-order valence-electron chi connectivity index (χ4n) is 4.60. The van der Waals surface area contributed by atoms with Gasteiger partial charge in [0.25, 0.3) is 5.56 Å². The molecule has 0 saturated heterocycles. The maximum absolute atomic E-state index is 13.7. The van der Waals surface area contributed by atoms with Gasteiger partial charge in [-0.1, -0.05) is 48.5 Å². The molecule has 0 spiro atoms. The van der Waals surface area contributed by atoms with Crippen molar-refractivity contribution in [2.75, 3.05) is 0 Å². The summed E-state index contributed by atoms with van der Waals surface area (Å²) in [7, 11) is 0. The molecular formula is C28H30N6O2. The van der Waals surface area contributed by atoms with Gasteiger partial charge in [0.15, 0.2) is 5.82 Å². The molecule has 0 aliphatic rings. The smallest absolute Gasteiger partial charge is 0.253 e. The Hall–Kier alpha value is -4.04. The number of rotatable bonds is 7. The maximum atomic E-state index is 13.7. The van der Waals surface area contributed by atoms with Crippen LogP contribution in [0.15, 0.2) is 82.2 Å². The third-order valence-electron chi connectivity index (χ3n) is 6.32. The number of benzene rings is 2. The summed E-state index contributed by atoms with van der Waals surface area (Å²) in [4.78, 5) is 19.0. The van der Waals surface area contributed by atoms with Crippen molar-refractivity contribution in [3.63, 3.8) is 0 Å². The highest BCUT2D eigenvalue weighted by Gasteiger charge is 2.34. The van der Waals surface area contributed by atoms with Gasteiger partial charge in [0.1, 0.15) is 11.8 Å². The molecule has 2 aromatic carbocycles. The molecule has 8 heteroatoms. The van der Waals surface area contributed by atoms with Crippen molar-refractivity contribution in [2.24, 2.45) is 0 Å². The Morgan fingerprint density at radius 1 is 1.03 bits per heavy atom. The van der Waals surface area contributed by atoms with Crippen molar-refractivity contribution in [1.82, 2.24) is 30.1 Å². The number of tetrazole rings is 1. The lowest BCUT2D eigenvalue weighted by molar-refractivity contribution is 0.171. The van der Waals surface area contributed by atoms with E-state index in [4.69, 9.17) is 4.42 Å². The van der Waals surface area contributed by atoms with E-state index in [-0.39, 0.29) is 11.1 Å². The molecule has 5 aromatic rings. The monoisotopic (exact) mass is 482 g/mol. The fraction of sp³-hybridized carbons (Fsp3) is 0.286. The molecule has 184 valence electrons. The molecule has 0 radical (unpaired) electrons. The third-order valence-corrected chi connectivity index (χ3v) is 6.32. The van der Waals surface area contributed by atoms with E-state index in [1.807, 2.05) is 82.3 Å². The Bertz CT molecular complexity index is 1510. The Kier molecular flexibility index (Phi) is 6.28. The minimum atomic E-state index is -0.529. The van der Waals surface area contributed by atoms with Gasteiger partial charge in [-0.2, -0.15) is 0 Å². The van der Waals surface area contributed by atoms with Crippen LogP contribution < -0.4 is 5.56 Å². The third kappa shape index (κ3) is 4.72. The lowest BCUT2D eigenvalue weighted by atomic mass is 10.00. The van der Waals surface area contributed by atoms with Crippen molar-refractivity contribution in [3.8, 4) is 0 Å². The van der Waals surface area contributed by atoms with Crippen molar-refractivity contribution in [3.05, 3.63) is 112 Å². The van der Waals surface area contributed by atoms with E-state index in [2.05, 4.69) is 37.5 Å². The molecule has 3 aromatic heterocycles. The number of aromatic nitrogens is 5. The lowest BCUT2D eigenvalue weighted by Crippen LogP contribution is -2.37. The van der Waals surface area contributed by atoms with Gasteiger partial charge in [-0.3, -0.25) is 9.69 Å². The normalized spacial score (nSPS) is 12.9. The molecule has 1 N–H and O–H groups in total. The van der Waals surface area contributed by atoms with Crippen molar-refractivity contribution < 1.29 is 4.42 Å². The first-order valence-electron chi connectivity index (χ1n) is 12.0. The van der Waals surface area contributed by atoms with Crippen molar-refractivity contribution in [2.45, 2.75) is 52.4 Å². The van der Waals surface area contributed by atoms with E-state index < -0.39 is 6.04 Å². The average molecular weight is 483 g/mol. The molecular weight excluding hydrogens is 452 g/mol. The molecule has 0 unspecified atom stereocenters. The topological polar surface area (TPSA) is 92.8 Å². The van der Waals surface area contributed by atoms with Crippen LogP contribution >= 0.6 is 0 Å². The number of fused-ring (bicyclic) bond motifs is 1. The molecule has 0 aliphatic carbocycles. The number of nitrogens with one attached hydrogen (secondary N) is 1. The molecule has 0 fully saturated rings. The van der Waals surface area contributed by atoms with Crippen LogP contribution in [0.3, 0.4) is 0 Å². The molecule has 8 nitrogen and oxygen atoms in total. The lowest BCUT2D eigenvalue weighted by Gasteiger charge is -2.32. The molecule has 0 amide bonds. The van der Waals surface area contributed by atoms with E-state index in [0.717, 1.165) is 27.8 Å². The zero-order valence-electron chi connectivity index (χ0n) is 21.0. The summed E-state index contributed by atoms with van der Waals surface area (Å²) < 4.78 is 7.54. The summed E-state index contributed by atoms with van der Waals surface area (Å²) in [5, 5.41) is 13.8. The van der Waals surface area contributed by atoms with E-state index in [1.54, 1.807) is 10.9 Å². The van der Waals surface area contributed by atoms with Gasteiger partial charge >= 0.3 is 0 Å². The standard InChI is InChI=1S/C28H30N6O2/c1-19-10-8-13-21-16-23(27(35)29-24(19)21)25(26-30-31-32-34(26)28(2,3)4)33(18-22-14-9-15-36-22)17-20-11-6-5-7-12-20/h5-16,25H,17-18H2,1-4H3,(H,29,35)/t25-/m0/s1. The van der Waals surface area contributed by atoms with Gasteiger partial charge in [0.05, 0.1) is 23.9 Å². The second-order valence-electron chi connectivity index (χ2n) is 10.1. The largest absolute Gasteiger partial charge is 0.468 e. The Morgan fingerprint density at radius 2 is 1.83 bits per heavy atom. The van der Waals surface area contributed by atoms with Crippen LogP contribution in [0.25, 0.3) is 10.9 Å². The number of para-hydroxylation sites is 1. The van der Waals surface area contributed by atoms with E-state index in [1.165, 1.54) is 0 Å². The van der Waals surface area contributed by atoms with Gasteiger partial charge < -0.3 is 9.40 Å². The van der Waals surface area contributed by atoms with Crippen molar-refractivity contribution in [1.29, 1.82) is 0 Å². The van der Waals surface area contributed by atoms with Crippen LogP contribution in [-0.2, 0) is 18.6 Å². The first kappa shape index (κ1) is 23.7. The molecule has 1 atom stereocenters. The first-order chi connectivity index (χ1) is 17.3. The Labute approximate surface area is 209 Å². The highest BCUT2D eigenvalue weighted by atomic mass is 16.3. The number of hydrogen-bond acceptors (Lipinski definition) is 6. The van der Waals surface area contributed by atoms with Crippen molar-refractivity contribution >= 4 is 10.9 Å². The zero-order chi connectivity index (χ0) is 25.3. The second kappa shape index (κ2) is 9.54. The number of pyridine rings is 1. The predicted molar refractivity (Wildman–Crippen MR) is 138 cm³/mol.